The van der Waals surface area contributed by atoms with Crippen LogP contribution in [0.2, 0.25) is 0 Å². The summed E-state index contributed by atoms with van der Waals surface area (Å²) in [7, 11) is 0. The van der Waals surface area contributed by atoms with Gasteiger partial charge in [-0.3, -0.25) is 0 Å². The highest BCUT2D eigenvalue weighted by atomic mass is 32.2. The summed E-state index contributed by atoms with van der Waals surface area (Å²) in [6.45, 7) is 2.28. The van der Waals surface area contributed by atoms with Crippen LogP contribution in [0.4, 0.5) is 4.79 Å². The topological polar surface area (TPSA) is 37.3 Å². The minimum atomic E-state index is -0.727. The van der Waals surface area contributed by atoms with Crippen molar-refractivity contribution in [1.82, 2.24) is 0 Å². The van der Waals surface area contributed by atoms with Gasteiger partial charge in [0.15, 0.2) is 0 Å². The van der Waals surface area contributed by atoms with Gasteiger partial charge in [0.25, 0.3) is 0 Å². The smallest absolute Gasteiger partial charge is 0.364 e. The van der Waals surface area contributed by atoms with Gasteiger partial charge in [0.1, 0.15) is 0 Å². The number of carbonyl (C=O) groups is 1. The molecule has 130 valence electrons. The quantitative estimate of drug-likeness (QED) is 0.365. The van der Waals surface area contributed by atoms with Gasteiger partial charge in [-0.2, -0.15) is 0 Å². The Kier molecular flexibility index (Phi) is 12.0. The maximum absolute atomic E-state index is 10.4. The van der Waals surface area contributed by atoms with Crippen LogP contribution in [0.25, 0.3) is 0 Å². The molecule has 0 aliphatic heterocycles. The Morgan fingerprint density at radius 1 is 0.909 bits per heavy atom. The van der Waals surface area contributed by atoms with E-state index in [0.717, 1.165) is 35.8 Å². The predicted molar refractivity (Wildman–Crippen MR) is 97.8 cm³/mol. The summed E-state index contributed by atoms with van der Waals surface area (Å²) in [6.07, 6.45) is 19.3. The summed E-state index contributed by atoms with van der Waals surface area (Å²) in [5, 5.41) is 7.86. The lowest BCUT2D eigenvalue weighted by Crippen LogP contribution is -2.08. The third kappa shape index (κ3) is 9.76. The van der Waals surface area contributed by atoms with Crippen LogP contribution in [-0.4, -0.2) is 16.2 Å². The molecule has 0 bridgehead atoms. The largest absolute Gasteiger partial charge is 0.473 e. The number of carboxylic acid groups (broad SMARTS) is 1. The van der Waals surface area contributed by atoms with Gasteiger partial charge in [0.2, 0.25) is 0 Å². The third-order valence-electron chi connectivity index (χ3n) is 5.19. The zero-order valence-electron chi connectivity index (χ0n) is 14.5. The highest BCUT2D eigenvalue weighted by Crippen LogP contribution is 2.38. The van der Waals surface area contributed by atoms with Crippen molar-refractivity contribution in [3.63, 3.8) is 0 Å². The molecule has 2 atom stereocenters. The van der Waals surface area contributed by atoms with Crippen LogP contribution in [0, 0.1) is 11.8 Å². The molecule has 2 nitrogen and oxygen atoms in total. The first kappa shape index (κ1) is 19.9. The molecule has 0 aromatic rings. The number of hydrogen-bond acceptors (Lipinski definition) is 2. The van der Waals surface area contributed by atoms with Crippen LogP contribution in [0.5, 0.6) is 0 Å². The number of rotatable bonds is 13. The van der Waals surface area contributed by atoms with Crippen molar-refractivity contribution in [1.29, 1.82) is 0 Å². The molecule has 1 aliphatic rings. The number of hydrogen-bond donors (Lipinski definition) is 1. The lowest BCUT2D eigenvalue weighted by molar-refractivity contribution is 0.222. The molecule has 0 aromatic carbocycles. The molecule has 22 heavy (non-hydrogen) atoms. The summed E-state index contributed by atoms with van der Waals surface area (Å²) >= 11 is 1.05. The van der Waals surface area contributed by atoms with E-state index in [4.69, 9.17) is 5.11 Å². The van der Waals surface area contributed by atoms with E-state index in [9.17, 15) is 4.79 Å². The van der Waals surface area contributed by atoms with E-state index in [2.05, 4.69) is 6.92 Å². The second-order valence-corrected chi connectivity index (χ2v) is 8.02. The molecule has 0 heterocycles. The van der Waals surface area contributed by atoms with Gasteiger partial charge in [0, 0.05) is 5.75 Å². The Balaban J connectivity index is 1.99. The van der Waals surface area contributed by atoms with Gasteiger partial charge in [0.05, 0.1) is 0 Å². The van der Waals surface area contributed by atoms with Crippen molar-refractivity contribution in [2.45, 2.75) is 96.8 Å². The highest BCUT2D eigenvalue weighted by Gasteiger charge is 2.25. The van der Waals surface area contributed by atoms with Crippen LogP contribution in [-0.2, 0) is 0 Å². The monoisotopic (exact) mass is 328 g/mol. The zero-order chi connectivity index (χ0) is 16.0. The van der Waals surface area contributed by atoms with E-state index in [1.54, 1.807) is 0 Å². The van der Waals surface area contributed by atoms with E-state index in [1.807, 2.05) is 0 Å². The lowest BCUT2D eigenvalue weighted by Gasteiger charge is -2.19. The summed E-state index contributed by atoms with van der Waals surface area (Å²) in [4.78, 5) is 10.4. The molecule has 0 aromatic heterocycles. The normalized spacial score (nSPS) is 21.3. The molecule has 1 aliphatic carbocycles. The summed E-state index contributed by atoms with van der Waals surface area (Å²) in [5.41, 5.74) is 0. The Bertz CT molecular complexity index is 281. The van der Waals surface area contributed by atoms with Gasteiger partial charge >= 0.3 is 5.30 Å². The predicted octanol–water partition coefficient (Wildman–Crippen LogP) is 7.12. The number of unbranched alkanes of at least 4 members (excludes halogenated alkanes) is 7. The molecule has 0 saturated heterocycles. The van der Waals surface area contributed by atoms with Crippen LogP contribution in [0.3, 0.4) is 0 Å². The minimum absolute atomic E-state index is 0.727. The van der Waals surface area contributed by atoms with Gasteiger partial charge in [-0.1, -0.05) is 90.4 Å². The molecule has 1 fully saturated rings. The van der Waals surface area contributed by atoms with Gasteiger partial charge < -0.3 is 5.11 Å². The molecule has 1 saturated carbocycles. The fourth-order valence-electron chi connectivity index (χ4n) is 3.91. The van der Waals surface area contributed by atoms with E-state index < -0.39 is 5.30 Å². The Morgan fingerprint density at radius 2 is 1.45 bits per heavy atom. The van der Waals surface area contributed by atoms with E-state index in [-0.39, 0.29) is 0 Å². The highest BCUT2D eigenvalue weighted by molar-refractivity contribution is 8.13. The summed E-state index contributed by atoms with van der Waals surface area (Å²) in [6, 6.07) is 0. The van der Waals surface area contributed by atoms with Crippen LogP contribution in [0.1, 0.15) is 96.8 Å². The van der Waals surface area contributed by atoms with Crippen molar-refractivity contribution >= 4 is 17.1 Å². The number of thioether (sulfide) groups is 1. The van der Waals surface area contributed by atoms with Crippen molar-refractivity contribution in [2.24, 2.45) is 11.8 Å². The van der Waals surface area contributed by atoms with Gasteiger partial charge in [-0.25, -0.2) is 4.79 Å². The molecule has 3 heteroatoms. The van der Waals surface area contributed by atoms with Crippen molar-refractivity contribution in [3.05, 3.63) is 0 Å². The Hall–Kier alpha value is -0.180. The fraction of sp³-hybridized carbons (Fsp3) is 0.947. The van der Waals surface area contributed by atoms with Crippen LogP contribution >= 0.6 is 11.8 Å². The second kappa shape index (κ2) is 13.3. The van der Waals surface area contributed by atoms with Crippen molar-refractivity contribution in [2.75, 3.05) is 5.75 Å². The van der Waals surface area contributed by atoms with Crippen molar-refractivity contribution < 1.29 is 9.90 Å². The SMILES string of the molecule is CCCCCCCC[C@H]1CCC[C@@H]1CCCCCSC(=O)O. The van der Waals surface area contributed by atoms with E-state index in [1.165, 1.54) is 83.5 Å². The first-order chi connectivity index (χ1) is 10.7. The second-order valence-electron chi connectivity index (χ2n) is 6.97. The Morgan fingerprint density at radius 3 is 2.05 bits per heavy atom. The first-order valence-electron chi connectivity index (χ1n) is 9.59. The minimum Gasteiger partial charge on any atom is -0.473 e. The molecular formula is C19H36O2S. The standard InChI is InChI=1S/C19H36O2S/c1-2-3-4-5-6-8-12-17-14-11-15-18(17)13-9-7-10-16-22-19(20)21/h17-18H,2-16H2,1H3,(H,20,21)/t17-,18-/m0/s1. The zero-order valence-corrected chi connectivity index (χ0v) is 15.3. The summed E-state index contributed by atoms with van der Waals surface area (Å²) < 4.78 is 0. The average Bonchev–Trinajstić information content (AvgIpc) is 2.93. The van der Waals surface area contributed by atoms with E-state index >= 15 is 0 Å². The van der Waals surface area contributed by atoms with E-state index in [0.29, 0.717) is 0 Å². The molecular weight excluding hydrogens is 292 g/mol. The average molecular weight is 329 g/mol. The van der Waals surface area contributed by atoms with Crippen LogP contribution in [0.15, 0.2) is 0 Å². The molecule has 0 radical (unpaired) electrons. The molecule has 0 unspecified atom stereocenters. The van der Waals surface area contributed by atoms with Gasteiger partial charge in [-0.05, 0) is 30.0 Å². The maximum Gasteiger partial charge on any atom is 0.364 e. The first-order valence-corrected chi connectivity index (χ1v) is 10.6. The maximum atomic E-state index is 10.4. The fourth-order valence-corrected chi connectivity index (χ4v) is 4.43. The van der Waals surface area contributed by atoms with Crippen molar-refractivity contribution in [3.8, 4) is 0 Å². The summed E-state index contributed by atoms with van der Waals surface area (Å²) in [5.74, 6) is 2.75. The molecule has 1 N–H and O–H groups in total. The Labute approximate surface area is 141 Å². The van der Waals surface area contributed by atoms with Crippen LogP contribution < -0.4 is 0 Å². The lowest BCUT2D eigenvalue weighted by atomic mass is 9.87. The van der Waals surface area contributed by atoms with Gasteiger partial charge in [-0.15, -0.1) is 0 Å². The molecule has 0 amide bonds. The molecule has 0 spiro atoms. The molecule has 1 rings (SSSR count). The third-order valence-corrected chi connectivity index (χ3v) is 5.93.